The molecule has 2 aromatic heterocycles. The number of hydrogen-bond acceptors (Lipinski definition) is 7. The summed E-state index contributed by atoms with van der Waals surface area (Å²) in [6.07, 6.45) is 3.96. The van der Waals surface area contributed by atoms with Crippen LogP contribution in [0.15, 0.2) is 28.7 Å². The van der Waals surface area contributed by atoms with Gasteiger partial charge in [0.2, 0.25) is 10.0 Å². The average Bonchev–Trinajstić information content (AvgIpc) is 3.04. The Morgan fingerprint density at radius 2 is 2.29 bits per heavy atom. The number of thiophene rings is 1. The van der Waals surface area contributed by atoms with Crippen molar-refractivity contribution in [2.24, 2.45) is 0 Å². The molecule has 2 rings (SSSR count). The van der Waals surface area contributed by atoms with Gasteiger partial charge in [-0.05, 0) is 12.5 Å². The molecule has 0 unspecified atom stereocenters. The van der Waals surface area contributed by atoms with Crippen molar-refractivity contribution in [3.8, 4) is 0 Å². The molecule has 0 saturated heterocycles. The monoisotopic (exact) mass is 331 g/mol. The molecule has 2 aromatic rings. The maximum Gasteiger partial charge on any atom is 0.304 e. The number of rotatable bonds is 7. The number of nitro groups is 1. The first-order chi connectivity index (χ1) is 9.90. The molecule has 21 heavy (non-hydrogen) atoms. The minimum Gasteiger partial charge on any atom is -0.385 e. The van der Waals surface area contributed by atoms with Gasteiger partial charge in [0.25, 0.3) is 0 Å². The van der Waals surface area contributed by atoms with Crippen LogP contribution >= 0.6 is 11.3 Å². The molecular weight excluding hydrogens is 318 g/mol. The van der Waals surface area contributed by atoms with Crippen molar-refractivity contribution >= 4 is 32.0 Å². The highest BCUT2D eigenvalue weighted by Crippen LogP contribution is 2.34. The zero-order chi connectivity index (χ0) is 15.5. The summed E-state index contributed by atoms with van der Waals surface area (Å²) in [6, 6.07) is 2.74. The molecule has 0 saturated carbocycles. The summed E-state index contributed by atoms with van der Waals surface area (Å²) in [6.45, 7) is 0.774. The van der Waals surface area contributed by atoms with Crippen LogP contribution in [-0.2, 0) is 16.6 Å². The second-order valence-corrected chi connectivity index (χ2v) is 7.17. The van der Waals surface area contributed by atoms with Crippen molar-refractivity contribution in [3.63, 3.8) is 0 Å². The standard InChI is InChI=1S/C10H13N5O4S2/c11-10-8(15(16)17)7-9(20-10)21(18,19)13-4-2-6-14-5-1-3-12-14/h1,3,5,7,13H,2,4,6,11H2. The van der Waals surface area contributed by atoms with Crippen molar-refractivity contribution in [1.29, 1.82) is 0 Å². The maximum atomic E-state index is 12.0. The van der Waals surface area contributed by atoms with Gasteiger partial charge < -0.3 is 5.73 Å². The van der Waals surface area contributed by atoms with Crippen LogP contribution in [0.1, 0.15) is 6.42 Å². The van der Waals surface area contributed by atoms with E-state index in [0.717, 1.165) is 6.07 Å². The highest BCUT2D eigenvalue weighted by molar-refractivity contribution is 7.91. The van der Waals surface area contributed by atoms with Gasteiger partial charge in [-0.1, -0.05) is 11.3 Å². The van der Waals surface area contributed by atoms with Gasteiger partial charge in [0.1, 0.15) is 4.21 Å². The number of nitrogens with two attached hydrogens (primary N) is 1. The zero-order valence-electron chi connectivity index (χ0n) is 10.8. The normalized spacial score (nSPS) is 11.6. The third kappa shape index (κ3) is 3.77. The number of nitrogens with zero attached hydrogens (tertiary/aromatic N) is 3. The van der Waals surface area contributed by atoms with E-state index in [4.69, 9.17) is 5.73 Å². The lowest BCUT2D eigenvalue weighted by Gasteiger charge is -2.04. The summed E-state index contributed by atoms with van der Waals surface area (Å²) in [4.78, 5) is 9.96. The van der Waals surface area contributed by atoms with Crippen molar-refractivity contribution in [2.45, 2.75) is 17.2 Å². The first-order valence-electron chi connectivity index (χ1n) is 5.91. The Morgan fingerprint density at radius 1 is 1.52 bits per heavy atom. The Kier molecular flexibility index (Phi) is 4.55. The molecule has 0 aromatic carbocycles. The van der Waals surface area contributed by atoms with E-state index in [1.54, 1.807) is 23.1 Å². The number of nitrogens with one attached hydrogen (secondary N) is 1. The minimum absolute atomic E-state index is 0.128. The minimum atomic E-state index is -3.78. The molecule has 0 radical (unpaired) electrons. The lowest BCUT2D eigenvalue weighted by molar-refractivity contribution is -0.383. The largest absolute Gasteiger partial charge is 0.385 e. The molecule has 0 fully saturated rings. The molecule has 0 aliphatic rings. The molecule has 3 N–H and O–H groups in total. The topological polar surface area (TPSA) is 133 Å². The quantitative estimate of drug-likeness (QED) is 0.438. The Bertz CT molecular complexity index is 723. The van der Waals surface area contributed by atoms with Crippen LogP contribution in [0.5, 0.6) is 0 Å². The van der Waals surface area contributed by atoms with Crippen LogP contribution in [0.4, 0.5) is 10.7 Å². The van der Waals surface area contributed by atoms with E-state index in [2.05, 4.69) is 9.82 Å². The van der Waals surface area contributed by atoms with Crippen LogP contribution < -0.4 is 10.5 Å². The van der Waals surface area contributed by atoms with Crippen LogP contribution in [0, 0.1) is 10.1 Å². The molecular formula is C10H13N5O4S2. The molecule has 0 bridgehead atoms. The van der Waals surface area contributed by atoms with E-state index in [1.165, 1.54) is 0 Å². The van der Waals surface area contributed by atoms with Gasteiger partial charge in [0, 0.05) is 31.5 Å². The second kappa shape index (κ2) is 6.20. The van der Waals surface area contributed by atoms with Gasteiger partial charge in [0.15, 0.2) is 5.00 Å². The Hall–Kier alpha value is -1.98. The van der Waals surface area contributed by atoms with Gasteiger partial charge in [-0.15, -0.1) is 0 Å². The molecule has 9 nitrogen and oxygen atoms in total. The molecule has 0 atom stereocenters. The van der Waals surface area contributed by atoms with Gasteiger partial charge in [0.05, 0.1) is 4.92 Å². The number of aryl methyl sites for hydroxylation is 1. The predicted octanol–water partition coefficient (Wildman–Crippen LogP) is 0.804. The third-order valence-corrected chi connectivity index (χ3v) is 5.48. The van der Waals surface area contributed by atoms with Gasteiger partial charge in [-0.3, -0.25) is 14.8 Å². The second-order valence-electron chi connectivity index (χ2n) is 4.09. The van der Waals surface area contributed by atoms with Gasteiger partial charge in [-0.2, -0.15) is 5.10 Å². The summed E-state index contributed by atoms with van der Waals surface area (Å²) in [5.41, 5.74) is 5.04. The SMILES string of the molecule is Nc1sc(S(=O)(=O)NCCCn2cccn2)cc1[N+](=O)[O-]. The number of sulfonamides is 1. The molecule has 0 aliphatic heterocycles. The average molecular weight is 331 g/mol. The van der Waals surface area contributed by atoms with E-state index < -0.39 is 20.6 Å². The zero-order valence-corrected chi connectivity index (χ0v) is 12.4. The highest BCUT2D eigenvalue weighted by Gasteiger charge is 2.24. The molecule has 0 aliphatic carbocycles. The number of anilines is 1. The van der Waals surface area contributed by atoms with E-state index >= 15 is 0 Å². The smallest absolute Gasteiger partial charge is 0.304 e. The fourth-order valence-electron chi connectivity index (χ4n) is 1.60. The van der Waals surface area contributed by atoms with E-state index in [0.29, 0.717) is 24.3 Å². The predicted molar refractivity (Wildman–Crippen MR) is 77.4 cm³/mol. The van der Waals surface area contributed by atoms with Crippen LogP contribution in [-0.4, -0.2) is 29.7 Å². The van der Waals surface area contributed by atoms with Crippen molar-refractivity contribution in [2.75, 3.05) is 12.3 Å². The highest BCUT2D eigenvalue weighted by atomic mass is 32.2. The number of aromatic nitrogens is 2. The Morgan fingerprint density at radius 3 is 2.86 bits per heavy atom. The van der Waals surface area contributed by atoms with E-state index in [1.807, 2.05) is 0 Å². The van der Waals surface area contributed by atoms with Crippen LogP contribution in [0.3, 0.4) is 0 Å². The summed E-state index contributed by atoms with van der Waals surface area (Å²) in [5.74, 6) is 0. The Labute approximate surface area is 124 Å². The fraction of sp³-hybridized carbons (Fsp3) is 0.300. The molecule has 0 amide bonds. The van der Waals surface area contributed by atoms with Gasteiger partial charge in [-0.25, -0.2) is 13.1 Å². The molecule has 114 valence electrons. The van der Waals surface area contributed by atoms with Crippen LogP contribution in [0.2, 0.25) is 0 Å². The van der Waals surface area contributed by atoms with Crippen LogP contribution in [0.25, 0.3) is 0 Å². The fourth-order valence-corrected chi connectivity index (χ4v) is 3.93. The Balaban J connectivity index is 1.95. The van der Waals surface area contributed by atoms with Crippen molar-refractivity contribution < 1.29 is 13.3 Å². The van der Waals surface area contributed by atoms with E-state index in [-0.39, 0.29) is 15.8 Å². The molecule has 2 heterocycles. The lowest BCUT2D eigenvalue weighted by atomic mass is 10.4. The lowest BCUT2D eigenvalue weighted by Crippen LogP contribution is -2.24. The van der Waals surface area contributed by atoms with Crippen molar-refractivity contribution in [3.05, 3.63) is 34.6 Å². The summed E-state index contributed by atoms with van der Waals surface area (Å²) in [7, 11) is -3.78. The number of nitrogen functional groups attached to an aromatic ring is 1. The number of hydrogen-bond donors (Lipinski definition) is 2. The van der Waals surface area contributed by atoms with Gasteiger partial charge >= 0.3 is 5.69 Å². The maximum absolute atomic E-state index is 12.0. The third-order valence-electron chi connectivity index (χ3n) is 2.59. The summed E-state index contributed by atoms with van der Waals surface area (Å²) >= 11 is 0.674. The first-order valence-corrected chi connectivity index (χ1v) is 8.21. The first kappa shape index (κ1) is 15.4. The molecule has 11 heteroatoms. The summed E-state index contributed by atoms with van der Waals surface area (Å²) < 4.78 is 27.9. The molecule has 0 spiro atoms. The van der Waals surface area contributed by atoms with E-state index in [9.17, 15) is 18.5 Å². The summed E-state index contributed by atoms with van der Waals surface area (Å²) in [5, 5.41) is 14.5. The van der Waals surface area contributed by atoms with Crippen molar-refractivity contribution in [1.82, 2.24) is 14.5 Å².